The summed E-state index contributed by atoms with van der Waals surface area (Å²) in [7, 11) is 0. The predicted molar refractivity (Wildman–Crippen MR) is 38.0 cm³/mol. The molecule has 0 aliphatic heterocycles. The van der Waals surface area contributed by atoms with Gasteiger partial charge in [0, 0.05) is 4.43 Å². The van der Waals surface area contributed by atoms with Crippen molar-refractivity contribution < 1.29 is 15.3 Å². The second-order valence-electron chi connectivity index (χ2n) is 1.47. The average Bonchev–Trinajstić information content (AvgIpc) is 1.84. The number of hydrogen-bond donors (Lipinski definition) is 3. The Bertz CT molecular complexity index is 51.2. The van der Waals surface area contributed by atoms with Crippen LogP contribution in [0.5, 0.6) is 0 Å². The molecule has 3 N–H and O–H groups in total. The Morgan fingerprint density at radius 3 is 1.88 bits per heavy atom. The van der Waals surface area contributed by atoms with Crippen molar-refractivity contribution in [3.05, 3.63) is 0 Å². The molecule has 0 fully saturated rings. The summed E-state index contributed by atoms with van der Waals surface area (Å²) in [4.78, 5) is 0. The number of aliphatic hydroxyl groups excluding tert-OH is 3. The summed E-state index contributed by atoms with van der Waals surface area (Å²) >= 11 is 1.93. The number of hydrogen-bond acceptors (Lipinski definition) is 3. The summed E-state index contributed by atoms with van der Waals surface area (Å²) < 4.78 is 0.444. The van der Waals surface area contributed by atoms with Crippen LogP contribution in [0.2, 0.25) is 0 Å². The summed E-state index contributed by atoms with van der Waals surface area (Å²) in [5.41, 5.74) is 0. The van der Waals surface area contributed by atoms with E-state index in [-0.39, 0.29) is 6.61 Å². The number of rotatable bonds is 3. The highest BCUT2D eigenvalue weighted by atomic mass is 127. The molecule has 0 radical (unpaired) electrons. The van der Waals surface area contributed by atoms with E-state index in [1.165, 1.54) is 0 Å². The van der Waals surface area contributed by atoms with E-state index in [0.29, 0.717) is 4.43 Å². The maximum absolute atomic E-state index is 8.71. The van der Waals surface area contributed by atoms with E-state index in [2.05, 4.69) is 0 Å². The molecular formula is C4H9IO3. The van der Waals surface area contributed by atoms with Crippen LogP contribution < -0.4 is 0 Å². The van der Waals surface area contributed by atoms with Gasteiger partial charge in [0.2, 0.25) is 0 Å². The highest BCUT2D eigenvalue weighted by molar-refractivity contribution is 14.1. The average molecular weight is 232 g/mol. The highest BCUT2D eigenvalue weighted by Gasteiger charge is 2.11. The molecule has 0 aromatic heterocycles. The van der Waals surface area contributed by atoms with Crippen molar-refractivity contribution in [2.75, 3.05) is 11.0 Å². The zero-order valence-corrected chi connectivity index (χ0v) is 6.45. The lowest BCUT2D eigenvalue weighted by Crippen LogP contribution is -2.30. The summed E-state index contributed by atoms with van der Waals surface area (Å²) in [5, 5.41) is 25.6. The SMILES string of the molecule is OCC(O)C(O)CI. The van der Waals surface area contributed by atoms with E-state index in [1.807, 2.05) is 22.6 Å². The lowest BCUT2D eigenvalue weighted by Gasteiger charge is -2.10. The van der Waals surface area contributed by atoms with Crippen molar-refractivity contribution in [3.8, 4) is 0 Å². The van der Waals surface area contributed by atoms with Crippen LogP contribution in [-0.2, 0) is 0 Å². The fraction of sp³-hybridized carbons (Fsp3) is 1.00. The standard InChI is InChI=1S/C4H9IO3/c5-1-3(7)4(8)2-6/h3-4,6-8H,1-2H2. The Hall–Kier alpha value is 0.610. The fourth-order valence-corrected chi connectivity index (χ4v) is 0.812. The molecular weight excluding hydrogens is 223 g/mol. The highest BCUT2D eigenvalue weighted by Crippen LogP contribution is 1.96. The van der Waals surface area contributed by atoms with Gasteiger partial charge in [-0.15, -0.1) is 0 Å². The normalized spacial score (nSPS) is 18.0. The zero-order valence-electron chi connectivity index (χ0n) is 4.29. The van der Waals surface area contributed by atoms with Crippen LogP contribution in [0.1, 0.15) is 0 Å². The summed E-state index contributed by atoms with van der Waals surface area (Å²) in [5.74, 6) is 0. The van der Waals surface area contributed by atoms with Crippen LogP contribution in [0.3, 0.4) is 0 Å². The summed E-state index contributed by atoms with van der Waals surface area (Å²) in [6.45, 7) is -0.371. The van der Waals surface area contributed by atoms with Gasteiger partial charge in [-0.05, 0) is 0 Å². The van der Waals surface area contributed by atoms with Crippen LogP contribution in [0.25, 0.3) is 0 Å². The Morgan fingerprint density at radius 1 is 1.25 bits per heavy atom. The van der Waals surface area contributed by atoms with Gasteiger partial charge in [0.15, 0.2) is 0 Å². The Morgan fingerprint density at radius 2 is 1.75 bits per heavy atom. The van der Waals surface area contributed by atoms with Gasteiger partial charge in [0.25, 0.3) is 0 Å². The number of alkyl halides is 1. The van der Waals surface area contributed by atoms with Gasteiger partial charge in [-0.1, -0.05) is 22.6 Å². The van der Waals surface area contributed by atoms with Crippen LogP contribution in [0, 0.1) is 0 Å². The van der Waals surface area contributed by atoms with Crippen molar-refractivity contribution in [2.24, 2.45) is 0 Å². The third-order valence-electron chi connectivity index (χ3n) is 0.789. The molecule has 3 nitrogen and oxygen atoms in total. The summed E-state index contributed by atoms with van der Waals surface area (Å²) in [6.07, 6.45) is -1.77. The monoisotopic (exact) mass is 232 g/mol. The van der Waals surface area contributed by atoms with E-state index in [1.54, 1.807) is 0 Å². The minimum atomic E-state index is -0.980. The third-order valence-corrected chi connectivity index (χ3v) is 1.69. The van der Waals surface area contributed by atoms with Crippen molar-refractivity contribution in [1.29, 1.82) is 0 Å². The molecule has 0 aliphatic carbocycles. The molecule has 4 heteroatoms. The second kappa shape index (κ2) is 4.49. The quantitative estimate of drug-likeness (QED) is 0.438. The lowest BCUT2D eigenvalue weighted by molar-refractivity contribution is -0.000542. The Labute approximate surface area is 61.5 Å². The molecule has 0 aromatic rings. The Balaban J connectivity index is 3.29. The van der Waals surface area contributed by atoms with Gasteiger partial charge >= 0.3 is 0 Å². The van der Waals surface area contributed by atoms with Crippen molar-refractivity contribution >= 4 is 22.6 Å². The molecule has 0 amide bonds. The first-order valence-corrected chi connectivity index (χ1v) is 3.78. The van der Waals surface area contributed by atoms with Gasteiger partial charge in [-0.3, -0.25) is 0 Å². The van der Waals surface area contributed by atoms with E-state index < -0.39 is 12.2 Å². The minimum absolute atomic E-state index is 0.371. The number of halogens is 1. The van der Waals surface area contributed by atoms with Gasteiger partial charge in [0.1, 0.15) is 6.10 Å². The molecule has 8 heavy (non-hydrogen) atoms. The molecule has 0 rings (SSSR count). The molecule has 50 valence electrons. The van der Waals surface area contributed by atoms with Crippen molar-refractivity contribution in [2.45, 2.75) is 12.2 Å². The van der Waals surface area contributed by atoms with Gasteiger partial charge in [0.05, 0.1) is 12.7 Å². The molecule has 0 aliphatic rings. The minimum Gasteiger partial charge on any atom is -0.394 e. The Kier molecular flexibility index (Phi) is 4.83. The van der Waals surface area contributed by atoms with Gasteiger partial charge in [-0.25, -0.2) is 0 Å². The third kappa shape index (κ3) is 2.81. The molecule has 0 aromatic carbocycles. The fourth-order valence-electron chi connectivity index (χ4n) is 0.225. The predicted octanol–water partition coefficient (Wildman–Crippen LogP) is -0.864. The van der Waals surface area contributed by atoms with E-state index >= 15 is 0 Å². The van der Waals surface area contributed by atoms with Gasteiger partial charge in [-0.2, -0.15) is 0 Å². The molecule has 0 saturated heterocycles. The largest absolute Gasteiger partial charge is 0.394 e. The molecule has 2 atom stereocenters. The van der Waals surface area contributed by atoms with E-state index in [9.17, 15) is 0 Å². The van der Waals surface area contributed by atoms with Gasteiger partial charge < -0.3 is 15.3 Å². The molecule has 0 bridgehead atoms. The first-order valence-electron chi connectivity index (χ1n) is 2.25. The summed E-state index contributed by atoms with van der Waals surface area (Å²) in [6, 6.07) is 0. The topological polar surface area (TPSA) is 60.7 Å². The second-order valence-corrected chi connectivity index (χ2v) is 2.35. The maximum atomic E-state index is 8.71. The van der Waals surface area contributed by atoms with Crippen LogP contribution in [0.4, 0.5) is 0 Å². The molecule has 0 heterocycles. The maximum Gasteiger partial charge on any atom is 0.104 e. The lowest BCUT2D eigenvalue weighted by atomic mass is 10.2. The van der Waals surface area contributed by atoms with Crippen molar-refractivity contribution in [3.63, 3.8) is 0 Å². The molecule has 0 saturated carbocycles. The molecule has 2 unspecified atom stereocenters. The van der Waals surface area contributed by atoms with Crippen LogP contribution in [0.15, 0.2) is 0 Å². The smallest absolute Gasteiger partial charge is 0.104 e. The number of aliphatic hydroxyl groups is 3. The van der Waals surface area contributed by atoms with E-state index in [0.717, 1.165) is 0 Å². The molecule has 0 spiro atoms. The van der Waals surface area contributed by atoms with E-state index in [4.69, 9.17) is 15.3 Å². The van der Waals surface area contributed by atoms with Crippen molar-refractivity contribution in [1.82, 2.24) is 0 Å². The van der Waals surface area contributed by atoms with Crippen LogP contribution in [-0.4, -0.2) is 38.6 Å². The first kappa shape index (κ1) is 8.61. The van der Waals surface area contributed by atoms with Crippen LogP contribution >= 0.6 is 22.6 Å². The first-order chi connectivity index (χ1) is 3.72. The zero-order chi connectivity index (χ0) is 6.57.